The highest BCUT2D eigenvalue weighted by Gasteiger charge is 2.32. The molecule has 1 unspecified atom stereocenters. The number of hydrogen-bond acceptors (Lipinski definition) is 8. The van der Waals surface area contributed by atoms with Crippen LogP contribution in [0.3, 0.4) is 0 Å². The highest BCUT2D eigenvalue weighted by atomic mass is 32.2. The number of phenols is 3. The van der Waals surface area contributed by atoms with Gasteiger partial charge in [-0.15, -0.1) is 5.10 Å². The minimum absolute atomic E-state index is 0.107. The van der Waals surface area contributed by atoms with Crippen LogP contribution in [0.1, 0.15) is 12.0 Å². The molecule has 0 aliphatic carbocycles. The first-order valence-corrected chi connectivity index (χ1v) is 6.80. The minimum Gasteiger partial charge on any atom is -0.504 e. The lowest BCUT2D eigenvalue weighted by molar-refractivity contribution is -0.138. The number of phenolic OH excluding ortho intramolecular Hbond substituents is 3. The first-order chi connectivity index (χ1) is 10.4. The molecule has 0 bridgehead atoms. The molecule has 1 aromatic carbocycles. The Morgan fingerprint density at radius 3 is 2.73 bits per heavy atom. The van der Waals surface area contributed by atoms with Gasteiger partial charge in [-0.05, 0) is 12.1 Å². The van der Waals surface area contributed by atoms with Crippen molar-refractivity contribution in [3.05, 3.63) is 17.7 Å². The molecule has 1 amide bonds. The van der Waals surface area contributed by atoms with Gasteiger partial charge >= 0.3 is 5.97 Å². The van der Waals surface area contributed by atoms with Crippen molar-refractivity contribution in [2.24, 2.45) is 10.2 Å². The first kappa shape index (κ1) is 15.6. The number of carboxylic acids is 1. The molecule has 1 saturated heterocycles. The van der Waals surface area contributed by atoms with E-state index in [-0.39, 0.29) is 17.2 Å². The normalized spacial score (nSPS) is 19.7. The number of thioether (sulfide) groups is 1. The summed E-state index contributed by atoms with van der Waals surface area (Å²) in [6.45, 7) is 0. The van der Waals surface area contributed by atoms with Crippen LogP contribution in [-0.2, 0) is 9.59 Å². The summed E-state index contributed by atoms with van der Waals surface area (Å²) in [4.78, 5) is 22.0. The van der Waals surface area contributed by atoms with Crippen LogP contribution in [0.25, 0.3) is 0 Å². The Bertz CT molecular complexity index is 688. The van der Waals surface area contributed by atoms with E-state index in [0.29, 0.717) is 0 Å². The Kier molecular flexibility index (Phi) is 4.51. The molecule has 2 rings (SSSR count). The zero-order valence-corrected chi connectivity index (χ0v) is 11.7. The second kappa shape index (κ2) is 6.35. The Morgan fingerprint density at radius 1 is 1.32 bits per heavy atom. The van der Waals surface area contributed by atoms with E-state index in [0.717, 1.165) is 18.0 Å². The van der Waals surface area contributed by atoms with Gasteiger partial charge in [0.2, 0.25) is 11.7 Å². The number of carbonyl (C=O) groups excluding carboxylic acids is 1. The van der Waals surface area contributed by atoms with Crippen LogP contribution < -0.4 is 5.32 Å². The van der Waals surface area contributed by atoms with Gasteiger partial charge in [-0.3, -0.25) is 9.59 Å². The summed E-state index contributed by atoms with van der Waals surface area (Å²) in [6.07, 6.45) is 0.782. The number of carboxylic acid groups (broad SMARTS) is 1. The van der Waals surface area contributed by atoms with Gasteiger partial charge in [-0.2, -0.15) is 5.10 Å². The number of aromatic hydroxyl groups is 3. The monoisotopic (exact) mass is 325 g/mol. The van der Waals surface area contributed by atoms with Gasteiger partial charge in [0, 0.05) is 5.56 Å². The van der Waals surface area contributed by atoms with Crippen molar-refractivity contribution in [3.8, 4) is 17.2 Å². The topological polar surface area (TPSA) is 152 Å². The number of nitrogens with one attached hydrogen (secondary N) is 1. The zero-order valence-electron chi connectivity index (χ0n) is 10.9. The van der Waals surface area contributed by atoms with Crippen molar-refractivity contribution in [1.29, 1.82) is 0 Å². The molecule has 1 atom stereocenters. The zero-order chi connectivity index (χ0) is 16.3. The molecule has 0 aromatic heterocycles. The fourth-order valence-corrected chi connectivity index (χ4v) is 2.49. The predicted molar refractivity (Wildman–Crippen MR) is 78.2 cm³/mol. The average Bonchev–Trinajstić information content (AvgIpc) is 2.78. The maximum Gasteiger partial charge on any atom is 0.305 e. The molecule has 22 heavy (non-hydrogen) atoms. The number of aliphatic carboxylic acids is 1. The molecule has 116 valence electrons. The summed E-state index contributed by atoms with van der Waals surface area (Å²) in [5, 5.41) is 45.8. The third-order valence-corrected chi connectivity index (χ3v) is 3.72. The number of amidine groups is 1. The van der Waals surface area contributed by atoms with E-state index in [2.05, 4.69) is 15.5 Å². The molecule has 9 nitrogen and oxygen atoms in total. The van der Waals surface area contributed by atoms with Crippen molar-refractivity contribution in [1.82, 2.24) is 5.32 Å². The Hall–Kier alpha value is -2.75. The summed E-state index contributed by atoms with van der Waals surface area (Å²) in [5.41, 5.74) is 0.107. The molecule has 1 aromatic rings. The van der Waals surface area contributed by atoms with E-state index in [1.54, 1.807) is 0 Å². The maximum atomic E-state index is 11.5. The van der Waals surface area contributed by atoms with Crippen LogP contribution >= 0.6 is 11.8 Å². The van der Waals surface area contributed by atoms with E-state index in [1.165, 1.54) is 12.1 Å². The maximum absolute atomic E-state index is 11.5. The third kappa shape index (κ3) is 3.47. The Labute approximate surface area is 128 Å². The molecule has 0 saturated carbocycles. The van der Waals surface area contributed by atoms with Gasteiger partial charge in [0.15, 0.2) is 16.7 Å². The first-order valence-electron chi connectivity index (χ1n) is 5.92. The standard InChI is InChI=1S/C12H11N3O6S/c16-6-2-1-5(9(19)10(6)20)4-13-15-12-14-11(21)7(22-12)3-8(17)18/h1-2,4,7,16,19-20H,3H2,(H,17,18)(H,14,15,21). The largest absolute Gasteiger partial charge is 0.504 e. The predicted octanol–water partition coefficient (Wildman–Crippen LogP) is 0.200. The third-order valence-electron chi connectivity index (χ3n) is 2.64. The lowest BCUT2D eigenvalue weighted by atomic mass is 10.2. The van der Waals surface area contributed by atoms with Crippen LogP contribution in [0.15, 0.2) is 22.3 Å². The number of nitrogens with zero attached hydrogens (tertiary/aromatic N) is 2. The van der Waals surface area contributed by atoms with E-state index in [4.69, 9.17) is 5.11 Å². The molecule has 1 aliphatic heterocycles. The number of rotatable bonds is 4. The van der Waals surface area contributed by atoms with Crippen molar-refractivity contribution in [2.45, 2.75) is 11.7 Å². The van der Waals surface area contributed by atoms with E-state index in [9.17, 15) is 24.9 Å². The highest BCUT2D eigenvalue weighted by Crippen LogP contribution is 2.36. The van der Waals surface area contributed by atoms with E-state index >= 15 is 0 Å². The fraction of sp³-hybridized carbons (Fsp3) is 0.167. The number of benzene rings is 1. The quantitative estimate of drug-likeness (QED) is 0.301. The number of carbonyl (C=O) groups is 2. The van der Waals surface area contributed by atoms with Crippen molar-refractivity contribution in [3.63, 3.8) is 0 Å². The van der Waals surface area contributed by atoms with E-state index < -0.39 is 34.4 Å². The van der Waals surface area contributed by atoms with Crippen LogP contribution in [0.4, 0.5) is 0 Å². The van der Waals surface area contributed by atoms with Crippen LogP contribution in [0.2, 0.25) is 0 Å². The van der Waals surface area contributed by atoms with Gasteiger partial charge < -0.3 is 25.7 Å². The van der Waals surface area contributed by atoms with Gasteiger partial charge in [-0.1, -0.05) is 11.8 Å². The Morgan fingerprint density at radius 2 is 2.05 bits per heavy atom. The summed E-state index contributed by atoms with van der Waals surface area (Å²) in [7, 11) is 0. The van der Waals surface area contributed by atoms with Gasteiger partial charge in [-0.25, -0.2) is 0 Å². The second-order valence-corrected chi connectivity index (χ2v) is 5.41. The second-order valence-electron chi connectivity index (χ2n) is 4.21. The highest BCUT2D eigenvalue weighted by molar-refractivity contribution is 8.15. The lowest BCUT2D eigenvalue weighted by Crippen LogP contribution is -2.26. The van der Waals surface area contributed by atoms with Crippen LogP contribution in [-0.4, -0.2) is 48.9 Å². The minimum atomic E-state index is -1.10. The van der Waals surface area contributed by atoms with Gasteiger partial charge in [0.1, 0.15) is 5.25 Å². The molecular weight excluding hydrogens is 314 g/mol. The van der Waals surface area contributed by atoms with Crippen molar-refractivity contribution < 1.29 is 30.0 Å². The van der Waals surface area contributed by atoms with Gasteiger partial charge in [0.05, 0.1) is 12.6 Å². The van der Waals surface area contributed by atoms with Crippen molar-refractivity contribution >= 4 is 35.0 Å². The van der Waals surface area contributed by atoms with E-state index in [1.807, 2.05) is 0 Å². The summed E-state index contributed by atoms with van der Waals surface area (Å²) < 4.78 is 0. The summed E-state index contributed by atoms with van der Waals surface area (Å²) in [6, 6.07) is 2.47. The molecule has 1 fully saturated rings. The molecule has 10 heteroatoms. The number of amides is 1. The summed E-state index contributed by atoms with van der Waals surface area (Å²) in [5.74, 6) is -3.28. The average molecular weight is 325 g/mol. The molecule has 1 heterocycles. The van der Waals surface area contributed by atoms with Crippen LogP contribution in [0.5, 0.6) is 17.2 Å². The SMILES string of the molecule is O=C(O)CC1SC(=NN=Cc2ccc(O)c(O)c2O)NC1=O. The van der Waals surface area contributed by atoms with Crippen molar-refractivity contribution in [2.75, 3.05) is 0 Å². The van der Waals surface area contributed by atoms with Crippen LogP contribution in [0, 0.1) is 0 Å². The fourth-order valence-electron chi connectivity index (χ4n) is 1.58. The number of hydrogen-bond donors (Lipinski definition) is 5. The molecule has 0 radical (unpaired) electrons. The lowest BCUT2D eigenvalue weighted by Gasteiger charge is -2.02. The molecular formula is C12H11N3O6S. The smallest absolute Gasteiger partial charge is 0.305 e. The molecule has 0 spiro atoms. The Balaban J connectivity index is 2.08. The molecule has 1 aliphatic rings. The summed E-state index contributed by atoms with van der Waals surface area (Å²) >= 11 is 0.935. The van der Waals surface area contributed by atoms with Gasteiger partial charge in [0.25, 0.3) is 0 Å². The molecule has 5 N–H and O–H groups in total.